The van der Waals surface area contributed by atoms with E-state index in [2.05, 4.69) is 32.0 Å². The predicted molar refractivity (Wildman–Crippen MR) is 118 cm³/mol. The van der Waals surface area contributed by atoms with Gasteiger partial charge in [0.1, 0.15) is 23.7 Å². The fourth-order valence-corrected chi connectivity index (χ4v) is 4.79. The Bertz CT molecular complexity index is 1400. The van der Waals surface area contributed by atoms with Gasteiger partial charge in [-0.25, -0.2) is 14.4 Å². The third-order valence-corrected chi connectivity index (χ3v) is 6.64. The largest absolute Gasteiger partial charge is 0.416 e. The molecule has 0 radical (unpaired) electrons. The Hall–Kier alpha value is -3.83. The van der Waals surface area contributed by atoms with Gasteiger partial charge in [0, 0.05) is 24.0 Å². The van der Waals surface area contributed by atoms with Crippen molar-refractivity contribution in [1.29, 1.82) is 0 Å². The number of alkyl halides is 3. The summed E-state index contributed by atoms with van der Waals surface area (Å²) in [5.41, 5.74) is -0.375. The lowest BCUT2D eigenvalue weighted by Gasteiger charge is -2.45. The molecule has 1 fully saturated rings. The van der Waals surface area contributed by atoms with Gasteiger partial charge >= 0.3 is 6.18 Å². The summed E-state index contributed by atoms with van der Waals surface area (Å²) in [6.07, 6.45) is 5.56. The van der Waals surface area contributed by atoms with Crippen LogP contribution < -0.4 is 4.90 Å². The van der Waals surface area contributed by atoms with Gasteiger partial charge in [-0.1, -0.05) is 6.92 Å². The summed E-state index contributed by atoms with van der Waals surface area (Å²) in [7, 11) is 0. The highest BCUT2D eigenvalue weighted by atomic mass is 19.4. The number of hydrogen-bond donors (Lipinski definition) is 0. The molecule has 8 nitrogen and oxygen atoms in total. The maximum atomic E-state index is 14.1. The lowest BCUT2D eigenvalue weighted by molar-refractivity contribution is -0.137. The minimum Gasteiger partial charge on any atom is -0.341 e. The highest BCUT2D eigenvalue weighted by molar-refractivity contribution is 5.64. The molecule has 1 atom stereocenters. The molecule has 0 bridgehead atoms. The van der Waals surface area contributed by atoms with E-state index in [0.717, 1.165) is 49.3 Å². The van der Waals surface area contributed by atoms with E-state index in [1.54, 1.807) is 18.7 Å². The van der Waals surface area contributed by atoms with Crippen LogP contribution in [0.3, 0.4) is 0 Å². The average molecular weight is 484 g/mol. The molecule has 1 aliphatic carbocycles. The minimum absolute atomic E-state index is 0.0159. The summed E-state index contributed by atoms with van der Waals surface area (Å²) >= 11 is 0. The van der Waals surface area contributed by atoms with E-state index >= 15 is 0 Å². The van der Waals surface area contributed by atoms with Gasteiger partial charge in [0.2, 0.25) is 5.95 Å². The van der Waals surface area contributed by atoms with Crippen LogP contribution in [0, 0.1) is 5.82 Å². The second kappa shape index (κ2) is 7.85. The SMILES string of the molecule is CC[C@@H]1c2nncn2-c2cnc(-n3ccnc3-c3cc(F)cc(C(F)(F)F)c3)nc2N1C1CCC1. The van der Waals surface area contributed by atoms with Crippen LogP contribution in [0.25, 0.3) is 23.0 Å². The van der Waals surface area contributed by atoms with E-state index < -0.39 is 17.6 Å². The van der Waals surface area contributed by atoms with Crippen molar-refractivity contribution in [3.05, 3.63) is 60.3 Å². The highest BCUT2D eigenvalue weighted by Crippen LogP contribution is 2.43. The van der Waals surface area contributed by atoms with Crippen LogP contribution in [0.1, 0.15) is 50.0 Å². The number of hydrogen-bond acceptors (Lipinski definition) is 6. The maximum Gasteiger partial charge on any atom is 0.416 e. The number of rotatable bonds is 4. The summed E-state index contributed by atoms with van der Waals surface area (Å²) in [6, 6.07) is 2.63. The van der Waals surface area contributed by atoms with Crippen molar-refractivity contribution in [2.75, 3.05) is 4.90 Å². The van der Waals surface area contributed by atoms with Crippen molar-refractivity contribution in [3.8, 4) is 23.0 Å². The second-order valence-corrected chi connectivity index (χ2v) is 8.70. The van der Waals surface area contributed by atoms with Gasteiger partial charge in [-0.3, -0.25) is 9.13 Å². The minimum atomic E-state index is -4.69. The molecule has 4 aromatic rings. The molecule has 3 aromatic heterocycles. The lowest BCUT2D eigenvalue weighted by Crippen LogP contribution is -2.46. The Morgan fingerprint density at radius 1 is 1.09 bits per heavy atom. The summed E-state index contributed by atoms with van der Waals surface area (Å²) in [4.78, 5) is 15.8. The molecule has 6 rings (SSSR count). The Labute approximate surface area is 197 Å². The standard InChI is InChI=1S/C23H20F4N8/c1-2-17-21-32-30-12-34(21)18-11-29-22(31-20(18)35(17)16-4-3-5-16)33-7-6-28-19(33)13-8-14(23(25,26)27)10-15(24)9-13/h6-12,16-17H,2-5H2,1H3/t17-/m1/s1. The fourth-order valence-electron chi connectivity index (χ4n) is 4.79. The van der Waals surface area contributed by atoms with Gasteiger partial charge in [0.15, 0.2) is 11.6 Å². The third kappa shape index (κ3) is 3.46. The van der Waals surface area contributed by atoms with Crippen LogP contribution in [0.5, 0.6) is 0 Å². The second-order valence-electron chi connectivity index (χ2n) is 8.70. The fraction of sp³-hybridized carbons (Fsp3) is 0.348. The van der Waals surface area contributed by atoms with Crippen molar-refractivity contribution in [1.82, 2.24) is 34.3 Å². The topological polar surface area (TPSA) is 77.5 Å². The molecule has 1 aromatic carbocycles. The molecule has 0 amide bonds. The van der Waals surface area contributed by atoms with Gasteiger partial charge < -0.3 is 4.90 Å². The van der Waals surface area contributed by atoms with Crippen molar-refractivity contribution >= 4 is 5.82 Å². The zero-order chi connectivity index (χ0) is 24.3. The molecule has 4 heterocycles. The van der Waals surface area contributed by atoms with Crippen LogP contribution in [0.4, 0.5) is 23.4 Å². The van der Waals surface area contributed by atoms with E-state index in [1.807, 2.05) is 4.57 Å². The number of fused-ring (bicyclic) bond motifs is 3. The maximum absolute atomic E-state index is 14.1. The Morgan fingerprint density at radius 2 is 1.91 bits per heavy atom. The van der Waals surface area contributed by atoms with E-state index in [4.69, 9.17) is 4.98 Å². The molecular formula is C23H20F4N8. The quantitative estimate of drug-likeness (QED) is 0.384. The first-order chi connectivity index (χ1) is 16.8. The molecule has 0 saturated heterocycles. The molecule has 12 heteroatoms. The number of benzene rings is 1. The first-order valence-corrected chi connectivity index (χ1v) is 11.3. The van der Waals surface area contributed by atoms with Crippen LogP contribution in [-0.4, -0.2) is 40.3 Å². The Kier molecular flexibility index (Phi) is 4.87. The summed E-state index contributed by atoms with van der Waals surface area (Å²) in [6.45, 7) is 2.08. The molecule has 0 spiro atoms. The predicted octanol–water partition coefficient (Wildman–Crippen LogP) is 4.89. The zero-order valence-corrected chi connectivity index (χ0v) is 18.6. The molecule has 1 saturated carbocycles. The number of anilines is 1. The molecular weight excluding hydrogens is 464 g/mol. The molecule has 0 unspecified atom stereocenters. The van der Waals surface area contributed by atoms with Crippen molar-refractivity contribution in [2.24, 2.45) is 0 Å². The first kappa shape index (κ1) is 21.7. The van der Waals surface area contributed by atoms with Crippen molar-refractivity contribution in [2.45, 2.75) is 50.9 Å². The normalized spacial score (nSPS) is 17.7. The number of nitrogens with zero attached hydrogens (tertiary/aromatic N) is 8. The summed E-state index contributed by atoms with van der Waals surface area (Å²) in [5.74, 6) is 0.861. The zero-order valence-electron chi connectivity index (χ0n) is 18.6. The molecule has 1 aliphatic heterocycles. The molecule has 35 heavy (non-hydrogen) atoms. The number of aromatic nitrogens is 7. The van der Waals surface area contributed by atoms with Crippen LogP contribution >= 0.6 is 0 Å². The van der Waals surface area contributed by atoms with E-state index in [-0.39, 0.29) is 23.4 Å². The van der Waals surface area contributed by atoms with Gasteiger partial charge in [0.05, 0.1) is 17.8 Å². The number of halogens is 4. The average Bonchev–Trinajstić information content (AvgIpc) is 3.47. The van der Waals surface area contributed by atoms with Gasteiger partial charge in [0.25, 0.3) is 0 Å². The highest BCUT2D eigenvalue weighted by Gasteiger charge is 2.40. The summed E-state index contributed by atoms with van der Waals surface area (Å²) in [5, 5.41) is 8.42. The Balaban J connectivity index is 1.49. The van der Waals surface area contributed by atoms with Gasteiger partial charge in [-0.05, 0) is 43.9 Å². The van der Waals surface area contributed by atoms with Gasteiger partial charge in [-0.2, -0.15) is 18.2 Å². The molecule has 0 N–H and O–H groups in total. The van der Waals surface area contributed by atoms with Crippen LogP contribution in [-0.2, 0) is 6.18 Å². The van der Waals surface area contributed by atoms with E-state index in [9.17, 15) is 17.6 Å². The lowest BCUT2D eigenvalue weighted by atomic mass is 9.89. The van der Waals surface area contributed by atoms with Gasteiger partial charge in [-0.15, -0.1) is 10.2 Å². The van der Waals surface area contributed by atoms with E-state index in [1.165, 1.54) is 10.8 Å². The number of imidazole rings is 1. The van der Waals surface area contributed by atoms with Crippen molar-refractivity contribution < 1.29 is 17.6 Å². The Morgan fingerprint density at radius 3 is 2.63 bits per heavy atom. The first-order valence-electron chi connectivity index (χ1n) is 11.3. The van der Waals surface area contributed by atoms with E-state index in [0.29, 0.717) is 17.9 Å². The van der Waals surface area contributed by atoms with Crippen LogP contribution in [0.2, 0.25) is 0 Å². The van der Waals surface area contributed by atoms with Crippen LogP contribution in [0.15, 0.2) is 43.1 Å². The smallest absolute Gasteiger partial charge is 0.341 e. The van der Waals surface area contributed by atoms with Crippen molar-refractivity contribution in [3.63, 3.8) is 0 Å². The summed E-state index contributed by atoms with van der Waals surface area (Å²) < 4.78 is 57.3. The molecule has 180 valence electrons. The monoisotopic (exact) mass is 484 g/mol. The molecule has 2 aliphatic rings. The third-order valence-electron chi connectivity index (χ3n) is 6.64.